The van der Waals surface area contributed by atoms with Gasteiger partial charge in [0, 0.05) is 30.0 Å². The molecule has 0 saturated carbocycles. The summed E-state index contributed by atoms with van der Waals surface area (Å²) >= 11 is 0. The third-order valence-electron chi connectivity index (χ3n) is 3.64. The van der Waals surface area contributed by atoms with Crippen LogP contribution in [-0.2, 0) is 13.0 Å². The second-order valence-electron chi connectivity index (χ2n) is 4.98. The maximum absolute atomic E-state index is 13.9. The van der Waals surface area contributed by atoms with E-state index in [9.17, 15) is 4.39 Å². The van der Waals surface area contributed by atoms with Gasteiger partial charge in [0.15, 0.2) is 0 Å². The fourth-order valence-electron chi connectivity index (χ4n) is 2.58. The van der Waals surface area contributed by atoms with Crippen molar-refractivity contribution in [2.24, 2.45) is 0 Å². The Morgan fingerprint density at radius 3 is 2.85 bits per heavy atom. The number of rotatable bonds is 2. The van der Waals surface area contributed by atoms with Gasteiger partial charge in [0.05, 0.1) is 11.6 Å². The molecule has 3 nitrogen and oxygen atoms in total. The number of benzene rings is 2. The molecule has 2 aromatic rings. The Labute approximate surface area is 117 Å². The maximum atomic E-state index is 13.9. The van der Waals surface area contributed by atoms with Gasteiger partial charge in [0.25, 0.3) is 0 Å². The van der Waals surface area contributed by atoms with Crippen molar-refractivity contribution in [1.29, 1.82) is 5.26 Å². The van der Waals surface area contributed by atoms with Crippen LogP contribution in [0.1, 0.15) is 16.7 Å². The molecule has 4 heteroatoms. The zero-order valence-electron chi connectivity index (χ0n) is 10.9. The van der Waals surface area contributed by atoms with Crippen molar-refractivity contribution in [2.75, 3.05) is 17.2 Å². The van der Waals surface area contributed by atoms with E-state index < -0.39 is 0 Å². The predicted octanol–water partition coefficient (Wildman–Crippen LogP) is 2.84. The third kappa shape index (κ3) is 2.19. The number of halogens is 1. The second-order valence-corrected chi connectivity index (χ2v) is 4.98. The lowest BCUT2D eigenvalue weighted by atomic mass is 10.1. The highest BCUT2D eigenvalue weighted by atomic mass is 19.1. The summed E-state index contributed by atoms with van der Waals surface area (Å²) in [4.78, 5) is 2.12. The molecule has 0 aromatic heterocycles. The summed E-state index contributed by atoms with van der Waals surface area (Å²) in [7, 11) is 0. The summed E-state index contributed by atoms with van der Waals surface area (Å²) < 4.78 is 13.9. The van der Waals surface area contributed by atoms with E-state index in [0.29, 0.717) is 17.7 Å². The summed E-state index contributed by atoms with van der Waals surface area (Å²) in [5, 5.41) is 8.76. The second kappa shape index (κ2) is 4.86. The number of fused-ring (bicyclic) bond motifs is 1. The third-order valence-corrected chi connectivity index (χ3v) is 3.64. The number of nitrogens with zero attached hydrogens (tertiary/aromatic N) is 2. The summed E-state index contributed by atoms with van der Waals surface area (Å²) in [6.07, 6.45) is 0.952. The quantitative estimate of drug-likeness (QED) is 0.851. The number of nitriles is 1. The van der Waals surface area contributed by atoms with E-state index in [0.717, 1.165) is 24.3 Å². The lowest BCUT2D eigenvalue weighted by Gasteiger charge is -2.20. The van der Waals surface area contributed by atoms with E-state index in [2.05, 4.69) is 4.90 Å². The zero-order chi connectivity index (χ0) is 14.1. The van der Waals surface area contributed by atoms with Gasteiger partial charge in [-0.2, -0.15) is 5.26 Å². The van der Waals surface area contributed by atoms with Gasteiger partial charge in [-0.1, -0.05) is 12.1 Å². The van der Waals surface area contributed by atoms with Gasteiger partial charge in [-0.25, -0.2) is 4.39 Å². The molecule has 2 N–H and O–H groups in total. The number of nitrogens with two attached hydrogens (primary N) is 1. The molecule has 0 amide bonds. The predicted molar refractivity (Wildman–Crippen MR) is 76.7 cm³/mol. The Morgan fingerprint density at radius 1 is 1.25 bits per heavy atom. The number of anilines is 2. The van der Waals surface area contributed by atoms with Crippen LogP contribution < -0.4 is 10.6 Å². The van der Waals surface area contributed by atoms with E-state index in [1.807, 2.05) is 24.3 Å². The average molecular weight is 267 g/mol. The smallest absolute Gasteiger partial charge is 0.129 e. The minimum absolute atomic E-state index is 0.332. The van der Waals surface area contributed by atoms with Gasteiger partial charge >= 0.3 is 0 Å². The number of hydrogen-bond acceptors (Lipinski definition) is 3. The molecule has 1 heterocycles. The Hall–Kier alpha value is -2.54. The molecule has 0 atom stereocenters. The first-order chi connectivity index (χ1) is 9.67. The van der Waals surface area contributed by atoms with Crippen molar-refractivity contribution >= 4 is 11.4 Å². The highest BCUT2D eigenvalue weighted by Gasteiger charge is 2.20. The summed E-state index contributed by atoms with van der Waals surface area (Å²) in [6, 6.07) is 12.4. The van der Waals surface area contributed by atoms with Crippen LogP contribution in [0.5, 0.6) is 0 Å². The van der Waals surface area contributed by atoms with E-state index in [-0.39, 0.29) is 5.82 Å². The van der Waals surface area contributed by atoms with Gasteiger partial charge in [-0.05, 0) is 36.2 Å². The van der Waals surface area contributed by atoms with Crippen LogP contribution in [0, 0.1) is 17.1 Å². The molecule has 0 radical (unpaired) electrons. The molecule has 1 aliphatic rings. The lowest BCUT2D eigenvalue weighted by molar-refractivity contribution is 0.605. The van der Waals surface area contributed by atoms with Gasteiger partial charge in [0.1, 0.15) is 5.82 Å². The normalized spacial score (nSPS) is 13.1. The van der Waals surface area contributed by atoms with Crippen LogP contribution in [0.15, 0.2) is 36.4 Å². The highest BCUT2D eigenvalue weighted by molar-refractivity contribution is 5.64. The Morgan fingerprint density at radius 2 is 2.10 bits per heavy atom. The van der Waals surface area contributed by atoms with E-state index in [1.165, 1.54) is 11.6 Å². The fourth-order valence-corrected chi connectivity index (χ4v) is 2.58. The van der Waals surface area contributed by atoms with Crippen molar-refractivity contribution in [2.45, 2.75) is 13.0 Å². The molecular weight excluding hydrogens is 253 g/mol. The standard InChI is InChI=1S/C16H14FN3/c17-15-7-11(9-18)1-2-13(15)10-20-6-5-12-3-4-14(19)8-16(12)20/h1-4,7-8H,5-6,10,19H2. The zero-order valence-corrected chi connectivity index (χ0v) is 10.9. The first-order valence-corrected chi connectivity index (χ1v) is 6.49. The summed E-state index contributed by atoms with van der Waals surface area (Å²) in [5.41, 5.74) is 9.80. The minimum atomic E-state index is -0.332. The molecular formula is C16H14FN3. The first-order valence-electron chi connectivity index (χ1n) is 6.49. The Kier molecular flexibility index (Phi) is 3.03. The SMILES string of the molecule is N#Cc1ccc(CN2CCc3ccc(N)cc32)c(F)c1. The van der Waals surface area contributed by atoms with Crippen molar-refractivity contribution < 1.29 is 4.39 Å². The molecule has 0 bridgehead atoms. The van der Waals surface area contributed by atoms with Gasteiger partial charge < -0.3 is 10.6 Å². The first kappa shape index (κ1) is 12.5. The van der Waals surface area contributed by atoms with E-state index in [1.54, 1.807) is 12.1 Å². The molecule has 0 unspecified atom stereocenters. The van der Waals surface area contributed by atoms with Crippen LogP contribution >= 0.6 is 0 Å². The highest BCUT2D eigenvalue weighted by Crippen LogP contribution is 2.31. The molecule has 2 aromatic carbocycles. The Bertz CT molecular complexity index is 703. The molecule has 0 saturated heterocycles. The van der Waals surface area contributed by atoms with Gasteiger partial charge in [-0.15, -0.1) is 0 Å². The number of nitrogen functional groups attached to an aromatic ring is 1. The van der Waals surface area contributed by atoms with Crippen molar-refractivity contribution in [3.8, 4) is 6.07 Å². The minimum Gasteiger partial charge on any atom is -0.399 e. The van der Waals surface area contributed by atoms with Gasteiger partial charge in [-0.3, -0.25) is 0 Å². The molecule has 0 spiro atoms. The molecule has 3 rings (SSSR count). The van der Waals surface area contributed by atoms with Crippen LogP contribution in [-0.4, -0.2) is 6.54 Å². The number of hydrogen-bond donors (Lipinski definition) is 1. The van der Waals surface area contributed by atoms with Crippen LogP contribution in [0.2, 0.25) is 0 Å². The Balaban J connectivity index is 1.88. The van der Waals surface area contributed by atoms with Crippen molar-refractivity contribution in [3.05, 3.63) is 58.9 Å². The van der Waals surface area contributed by atoms with Crippen LogP contribution in [0.3, 0.4) is 0 Å². The molecule has 0 aliphatic carbocycles. The average Bonchev–Trinajstić information content (AvgIpc) is 2.83. The lowest BCUT2D eigenvalue weighted by Crippen LogP contribution is -2.20. The maximum Gasteiger partial charge on any atom is 0.129 e. The largest absolute Gasteiger partial charge is 0.399 e. The molecule has 20 heavy (non-hydrogen) atoms. The van der Waals surface area contributed by atoms with Crippen LogP contribution in [0.4, 0.5) is 15.8 Å². The molecule has 100 valence electrons. The molecule has 1 aliphatic heterocycles. The summed E-state index contributed by atoms with van der Waals surface area (Å²) in [5.74, 6) is -0.332. The van der Waals surface area contributed by atoms with Crippen LogP contribution in [0.25, 0.3) is 0 Å². The topological polar surface area (TPSA) is 53.0 Å². The van der Waals surface area contributed by atoms with Crippen molar-refractivity contribution in [1.82, 2.24) is 0 Å². The molecule has 0 fully saturated rings. The van der Waals surface area contributed by atoms with E-state index in [4.69, 9.17) is 11.0 Å². The fraction of sp³-hybridized carbons (Fsp3) is 0.188. The monoisotopic (exact) mass is 267 g/mol. The van der Waals surface area contributed by atoms with E-state index >= 15 is 0 Å². The van der Waals surface area contributed by atoms with Crippen molar-refractivity contribution in [3.63, 3.8) is 0 Å². The van der Waals surface area contributed by atoms with Gasteiger partial charge in [0.2, 0.25) is 0 Å². The summed E-state index contributed by atoms with van der Waals surface area (Å²) in [6.45, 7) is 1.35.